The Labute approximate surface area is 224 Å². The molecule has 0 aliphatic carbocycles. The average Bonchev–Trinajstić information content (AvgIpc) is 3.42. The van der Waals surface area contributed by atoms with Gasteiger partial charge in [0.25, 0.3) is 5.91 Å². The normalized spacial score (nSPS) is 18.9. The lowest BCUT2D eigenvalue weighted by Gasteiger charge is -2.25. The molecular formula is C25H22ClF3N6O2S. The first-order chi connectivity index (χ1) is 18.2. The summed E-state index contributed by atoms with van der Waals surface area (Å²) in [6.45, 7) is 2.73. The Hall–Kier alpha value is -3.35. The molecule has 0 spiro atoms. The van der Waals surface area contributed by atoms with Crippen LogP contribution in [0.25, 0.3) is 17.0 Å². The summed E-state index contributed by atoms with van der Waals surface area (Å²) >= 11 is 7.02. The zero-order valence-corrected chi connectivity index (χ0v) is 21.5. The number of thioether (sulfide) groups is 1. The summed E-state index contributed by atoms with van der Waals surface area (Å²) in [6, 6.07) is 9.07. The van der Waals surface area contributed by atoms with Crippen molar-refractivity contribution in [3.05, 3.63) is 69.2 Å². The zero-order chi connectivity index (χ0) is 26.9. The second kappa shape index (κ2) is 10.8. The van der Waals surface area contributed by atoms with Crippen LogP contribution in [0.15, 0.2) is 52.5 Å². The Morgan fingerprint density at radius 3 is 2.82 bits per heavy atom. The zero-order valence-electron chi connectivity index (χ0n) is 19.9. The van der Waals surface area contributed by atoms with Crippen LogP contribution in [-0.4, -0.2) is 64.4 Å². The van der Waals surface area contributed by atoms with E-state index in [9.17, 15) is 22.8 Å². The molecule has 8 nitrogen and oxygen atoms in total. The summed E-state index contributed by atoms with van der Waals surface area (Å²) in [5.41, 5.74) is 0.677. The van der Waals surface area contributed by atoms with Crippen molar-refractivity contribution in [3.63, 3.8) is 0 Å². The van der Waals surface area contributed by atoms with Crippen molar-refractivity contribution < 1.29 is 22.8 Å². The number of hydrogen-bond donors (Lipinski definition) is 2. The van der Waals surface area contributed by atoms with Gasteiger partial charge in [-0.3, -0.25) is 24.2 Å². The predicted molar refractivity (Wildman–Crippen MR) is 141 cm³/mol. The van der Waals surface area contributed by atoms with E-state index in [1.54, 1.807) is 24.4 Å². The van der Waals surface area contributed by atoms with Crippen LogP contribution in [0.1, 0.15) is 16.7 Å². The van der Waals surface area contributed by atoms with Gasteiger partial charge in [-0.2, -0.15) is 18.3 Å². The minimum absolute atomic E-state index is 0.00350. The van der Waals surface area contributed by atoms with Crippen molar-refractivity contribution in [2.24, 2.45) is 4.99 Å². The number of fused-ring (bicyclic) bond motifs is 1. The maximum atomic E-state index is 13.5. The fourth-order valence-electron chi connectivity index (χ4n) is 4.26. The van der Waals surface area contributed by atoms with Gasteiger partial charge in [0.2, 0.25) is 5.91 Å². The molecule has 2 aliphatic heterocycles. The van der Waals surface area contributed by atoms with Crippen LogP contribution < -0.4 is 10.6 Å². The minimum Gasteiger partial charge on any atom is -0.354 e. The number of aromatic nitrogens is 2. The van der Waals surface area contributed by atoms with Gasteiger partial charge in [0, 0.05) is 30.0 Å². The molecule has 2 saturated heterocycles. The first-order valence-electron chi connectivity index (χ1n) is 11.7. The first-order valence-corrected chi connectivity index (χ1v) is 12.9. The average molecular weight is 563 g/mol. The molecule has 3 aromatic rings. The third kappa shape index (κ3) is 6.03. The Balaban J connectivity index is 1.28. The number of alkyl halides is 3. The lowest BCUT2D eigenvalue weighted by Crippen LogP contribution is -2.48. The first kappa shape index (κ1) is 26.3. The van der Waals surface area contributed by atoms with E-state index in [1.165, 1.54) is 28.6 Å². The maximum Gasteiger partial charge on any atom is 0.416 e. The van der Waals surface area contributed by atoms with E-state index in [-0.39, 0.29) is 28.9 Å². The Morgan fingerprint density at radius 1 is 1.18 bits per heavy atom. The maximum absolute atomic E-state index is 13.5. The van der Waals surface area contributed by atoms with Gasteiger partial charge in [-0.05, 0) is 53.2 Å². The van der Waals surface area contributed by atoms with Crippen molar-refractivity contribution in [1.29, 1.82) is 0 Å². The fourth-order valence-corrected chi connectivity index (χ4v) is 5.28. The molecule has 2 fully saturated rings. The summed E-state index contributed by atoms with van der Waals surface area (Å²) in [4.78, 5) is 30.8. The van der Waals surface area contributed by atoms with E-state index in [4.69, 9.17) is 11.6 Å². The SMILES string of the molecule is O=C1CN(CCN=C2NC(=O)/C(=C/c3ccc4c(cnn4Cc4ccc(Cl)cc4C(F)(F)F)c3)S2)CCN1. The topological polar surface area (TPSA) is 91.6 Å². The number of rotatable bonds is 6. The Kier molecular flexibility index (Phi) is 7.46. The molecule has 2 N–H and O–H groups in total. The number of carbonyl (C=O) groups is 2. The van der Waals surface area contributed by atoms with Gasteiger partial charge in [-0.1, -0.05) is 23.7 Å². The highest BCUT2D eigenvalue weighted by molar-refractivity contribution is 8.18. The van der Waals surface area contributed by atoms with Gasteiger partial charge >= 0.3 is 6.18 Å². The van der Waals surface area contributed by atoms with E-state index in [2.05, 4.69) is 20.7 Å². The molecule has 0 saturated carbocycles. The summed E-state index contributed by atoms with van der Waals surface area (Å²) < 4.78 is 42.0. The molecule has 2 aliphatic rings. The van der Waals surface area contributed by atoms with Gasteiger partial charge in [-0.15, -0.1) is 0 Å². The number of amides is 2. The Bertz CT molecular complexity index is 1470. The van der Waals surface area contributed by atoms with Crippen molar-refractivity contribution in [2.75, 3.05) is 32.7 Å². The number of nitrogens with one attached hydrogen (secondary N) is 2. The number of halogens is 4. The van der Waals surface area contributed by atoms with E-state index < -0.39 is 11.7 Å². The molecule has 2 amide bonds. The predicted octanol–water partition coefficient (Wildman–Crippen LogP) is 3.75. The van der Waals surface area contributed by atoms with Gasteiger partial charge < -0.3 is 10.6 Å². The summed E-state index contributed by atoms with van der Waals surface area (Å²) in [5.74, 6) is -0.263. The molecule has 5 rings (SSSR count). The Morgan fingerprint density at radius 2 is 2.03 bits per heavy atom. The molecule has 38 heavy (non-hydrogen) atoms. The van der Waals surface area contributed by atoms with E-state index in [1.807, 2.05) is 11.0 Å². The number of piperazine rings is 1. The number of aliphatic imine (C=N–C) groups is 1. The molecular weight excluding hydrogens is 541 g/mol. The molecule has 0 bridgehead atoms. The highest BCUT2D eigenvalue weighted by Gasteiger charge is 2.33. The van der Waals surface area contributed by atoms with E-state index in [0.717, 1.165) is 23.6 Å². The standard InChI is InChI=1S/C25H22ClF3N6O2S/c26-18-3-2-16(19(11-18)25(27,28)29)13-35-20-4-1-15(9-17(20)12-32-35)10-21-23(37)33-24(38-21)31-6-8-34-7-5-30-22(36)14-34/h1-4,9-12H,5-8,13-14H2,(H,30,36)(H,31,33,37)/b21-10-. The minimum atomic E-state index is -4.53. The monoisotopic (exact) mass is 562 g/mol. The second-order valence-electron chi connectivity index (χ2n) is 8.80. The lowest BCUT2D eigenvalue weighted by atomic mass is 10.1. The summed E-state index contributed by atoms with van der Waals surface area (Å²) in [6.07, 6.45) is -1.22. The number of hydrogen-bond acceptors (Lipinski definition) is 6. The molecule has 0 atom stereocenters. The third-order valence-electron chi connectivity index (χ3n) is 6.10. The van der Waals surface area contributed by atoms with Gasteiger partial charge in [0.15, 0.2) is 5.17 Å². The van der Waals surface area contributed by atoms with Crippen molar-refractivity contribution >= 4 is 57.3 Å². The number of amidine groups is 1. The summed E-state index contributed by atoms with van der Waals surface area (Å²) in [5, 5.41) is 11.0. The smallest absolute Gasteiger partial charge is 0.354 e. The number of nitrogens with zero attached hydrogens (tertiary/aromatic N) is 4. The van der Waals surface area contributed by atoms with Crippen LogP contribution in [0.3, 0.4) is 0 Å². The third-order valence-corrected chi connectivity index (χ3v) is 7.28. The largest absolute Gasteiger partial charge is 0.416 e. The van der Waals surface area contributed by atoms with Crippen molar-refractivity contribution in [3.8, 4) is 0 Å². The number of benzene rings is 2. The number of carbonyl (C=O) groups excluding carboxylic acids is 2. The summed E-state index contributed by atoms with van der Waals surface area (Å²) in [7, 11) is 0. The van der Waals surface area contributed by atoms with Crippen LogP contribution in [0, 0.1) is 0 Å². The van der Waals surface area contributed by atoms with E-state index >= 15 is 0 Å². The van der Waals surface area contributed by atoms with Gasteiger partial charge in [-0.25, -0.2) is 0 Å². The van der Waals surface area contributed by atoms with Crippen LogP contribution in [0.5, 0.6) is 0 Å². The molecule has 2 aromatic carbocycles. The highest BCUT2D eigenvalue weighted by atomic mass is 35.5. The lowest BCUT2D eigenvalue weighted by molar-refractivity contribution is -0.138. The second-order valence-corrected chi connectivity index (χ2v) is 10.3. The fraction of sp³-hybridized carbons (Fsp3) is 0.280. The molecule has 198 valence electrons. The van der Waals surface area contributed by atoms with Crippen LogP contribution >= 0.6 is 23.4 Å². The molecule has 0 unspecified atom stereocenters. The van der Waals surface area contributed by atoms with Crippen LogP contribution in [0.4, 0.5) is 13.2 Å². The van der Waals surface area contributed by atoms with Crippen LogP contribution in [-0.2, 0) is 22.3 Å². The van der Waals surface area contributed by atoms with Gasteiger partial charge in [0.1, 0.15) is 0 Å². The molecule has 13 heteroatoms. The van der Waals surface area contributed by atoms with E-state index in [0.29, 0.717) is 41.8 Å². The molecule has 1 aromatic heterocycles. The van der Waals surface area contributed by atoms with Crippen LogP contribution in [0.2, 0.25) is 5.02 Å². The molecule has 3 heterocycles. The molecule has 0 radical (unpaired) electrons. The quantitative estimate of drug-likeness (QED) is 0.447. The van der Waals surface area contributed by atoms with Gasteiger partial charge in [0.05, 0.1) is 41.8 Å². The van der Waals surface area contributed by atoms with Crippen molar-refractivity contribution in [1.82, 2.24) is 25.3 Å². The highest BCUT2D eigenvalue weighted by Crippen LogP contribution is 2.34. The van der Waals surface area contributed by atoms with Crippen molar-refractivity contribution in [2.45, 2.75) is 12.7 Å².